The lowest BCUT2D eigenvalue weighted by atomic mass is 10.0. The highest BCUT2D eigenvalue weighted by molar-refractivity contribution is 5.71. The molecule has 0 aromatic rings. The molecular weight excluding hydrogens is 757 g/mol. The molecule has 0 saturated carbocycles. The van der Waals surface area contributed by atoms with Crippen LogP contribution in [0.3, 0.4) is 0 Å². The Balaban J connectivity index is 4.30. The van der Waals surface area contributed by atoms with Gasteiger partial charge >= 0.3 is 17.9 Å². The topological polar surface area (TPSA) is 78.9 Å². The largest absolute Gasteiger partial charge is 0.462 e. The van der Waals surface area contributed by atoms with Gasteiger partial charge < -0.3 is 14.2 Å². The van der Waals surface area contributed by atoms with E-state index in [-0.39, 0.29) is 31.1 Å². The molecule has 0 amide bonds. The Hall–Kier alpha value is -1.85. The molecule has 0 aliphatic rings. The average Bonchev–Trinajstić information content (AvgIpc) is 3.26. The third-order valence-corrected chi connectivity index (χ3v) is 12.3. The van der Waals surface area contributed by atoms with Gasteiger partial charge in [-0.05, 0) is 44.9 Å². The quantitative estimate of drug-likeness (QED) is 0.0262. The van der Waals surface area contributed by atoms with Gasteiger partial charge in [-0.25, -0.2) is 0 Å². The molecule has 0 bridgehead atoms. The Labute approximate surface area is 380 Å². The molecule has 0 aromatic carbocycles. The average molecular weight is 861 g/mol. The Morgan fingerprint density at radius 3 is 0.820 bits per heavy atom. The number of esters is 3. The Morgan fingerprint density at radius 1 is 0.311 bits per heavy atom. The molecule has 0 aromatic heterocycles. The maximum absolute atomic E-state index is 12.8. The third kappa shape index (κ3) is 49.0. The van der Waals surface area contributed by atoms with E-state index in [4.69, 9.17) is 14.2 Å². The van der Waals surface area contributed by atoms with E-state index in [2.05, 4.69) is 32.9 Å². The highest BCUT2D eigenvalue weighted by atomic mass is 16.6. The molecule has 0 N–H and O–H groups in total. The van der Waals surface area contributed by atoms with Crippen LogP contribution in [-0.2, 0) is 28.6 Å². The van der Waals surface area contributed by atoms with E-state index in [1.807, 2.05) is 0 Å². The summed E-state index contributed by atoms with van der Waals surface area (Å²) in [6.07, 6.45) is 56.2. The zero-order valence-electron chi connectivity index (χ0n) is 41.2. The van der Waals surface area contributed by atoms with Crippen molar-refractivity contribution < 1.29 is 28.6 Å². The summed E-state index contributed by atoms with van der Waals surface area (Å²) < 4.78 is 16.8. The molecule has 1 atom stereocenters. The Morgan fingerprint density at radius 2 is 0.541 bits per heavy atom. The highest BCUT2D eigenvalue weighted by Gasteiger charge is 2.19. The van der Waals surface area contributed by atoms with Crippen LogP contribution in [0.2, 0.25) is 0 Å². The summed E-state index contributed by atoms with van der Waals surface area (Å²) in [5.74, 6) is -0.851. The molecular formula is C55H104O6. The van der Waals surface area contributed by atoms with Gasteiger partial charge in [-0.1, -0.05) is 251 Å². The number of ether oxygens (including phenoxy) is 3. The van der Waals surface area contributed by atoms with Gasteiger partial charge in [0.2, 0.25) is 0 Å². The maximum Gasteiger partial charge on any atom is 0.306 e. The highest BCUT2D eigenvalue weighted by Crippen LogP contribution is 2.16. The van der Waals surface area contributed by atoms with Crippen molar-refractivity contribution in [3.8, 4) is 0 Å². The van der Waals surface area contributed by atoms with Crippen molar-refractivity contribution in [3.05, 3.63) is 12.2 Å². The summed E-state index contributed by atoms with van der Waals surface area (Å²) in [4.78, 5) is 38.0. The van der Waals surface area contributed by atoms with Gasteiger partial charge in [0.1, 0.15) is 13.2 Å². The van der Waals surface area contributed by atoms with E-state index in [0.717, 1.165) is 57.8 Å². The van der Waals surface area contributed by atoms with Gasteiger partial charge in [-0.15, -0.1) is 0 Å². The standard InChI is InChI=1S/C55H104O6/c1-4-7-10-13-16-19-22-24-26-27-29-30-33-36-39-42-45-48-54(57)60-51-52(50-59-53(56)47-44-41-38-35-32-21-18-15-12-9-6-3)61-55(58)49-46-43-40-37-34-31-28-25-23-20-17-14-11-8-5-2/h24,26,52H,4-23,25,27-51H2,1-3H3/b26-24-/t52-/m1/s1. The van der Waals surface area contributed by atoms with E-state index >= 15 is 0 Å². The first kappa shape index (κ1) is 59.1. The molecule has 0 unspecified atom stereocenters. The summed E-state index contributed by atoms with van der Waals surface area (Å²) >= 11 is 0. The van der Waals surface area contributed by atoms with Gasteiger partial charge in [0.05, 0.1) is 0 Å². The van der Waals surface area contributed by atoms with Crippen LogP contribution >= 0.6 is 0 Å². The zero-order chi connectivity index (χ0) is 44.4. The summed E-state index contributed by atoms with van der Waals surface area (Å²) in [5, 5.41) is 0. The van der Waals surface area contributed by atoms with Crippen LogP contribution in [0.25, 0.3) is 0 Å². The molecule has 360 valence electrons. The molecule has 6 heteroatoms. The molecule has 0 rings (SSSR count). The first-order valence-electron chi connectivity index (χ1n) is 27.2. The summed E-state index contributed by atoms with van der Waals surface area (Å²) in [6.45, 7) is 6.67. The Kier molecular flexibility index (Phi) is 49.3. The van der Waals surface area contributed by atoms with Gasteiger partial charge in [0.15, 0.2) is 6.10 Å². The molecule has 6 nitrogen and oxygen atoms in total. The lowest BCUT2D eigenvalue weighted by Gasteiger charge is -2.18. The maximum atomic E-state index is 12.8. The van der Waals surface area contributed by atoms with Crippen LogP contribution in [0.15, 0.2) is 12.2 Å². The van der Waals surface area contributed by atoms with Crippen LogP contribution in [0.5, 0.6) is 0 Å². The van der Waals surface area contributed by atoms with Crippen molar-refractivity contribution in [2.45, 2.75) is 309 Å². The lowest BCUT2D eigenvalue weighted by molar-refractivity contribution is -0.167. The summed E-state index contributed by atoms with van der Waals surface area (Å²) in [6, 6.07) is 0. The molecule has 0 spiro atoms. The second-order valence-corrected chi connectivity index (χ2v) is 18.5. The van der Waals surface area contributed by atoms with E-state index < -0.39 is 6.10 Å². The van der Waals surface area contributed by atoms with Crippen molar-refractivity contribution in [3.63, 3.8) is 0 Å². The third-order valence-electron chi connectivity index (χ3n) is 12.3. The van der Waals surface area contributed by atoms with Gasteiger partial charge in [-0.3, -0.25) is 14.4 Å². The minimum atomic E-state index is -0.764. The van der Waals surface area contributed by atoms with Crippen molar-refractivity contribution in [2.75, 3.05) is 13.2 Å². The zero-order valence-corrected chi connectivity index (χ0v) is 41.2. The smallest absolute Gasteiger partial charge is 0.306 e. The second kappa shape index (κ2) is 50.8. The van der Waals surface area contributed by atoms with Crippen LogP contribution in [0, 0.1) is 0 Å². The molecule has 0 saturated heterocycles. The van der Waals surface area contributed by atoms with Gasteiger partial charge in [-0.2, -0.15) is 0 Å². The predicted molar refractivity (Wildman–Crippen MR) is 261 cm³/mol. The summed E-state index contributed by atoms with van der Waals surface area (Å²) in [7, 11) is 0. The van der Waals surface area contributed by atoms with Crippen LogP contribution in [-0.4, -0.2) is 37.2 Å². The van der Waals surface area contributed by atoms with Crippen LogP contribution in [0.4, 0.5) is 0 Å². The fraction of sp³-hybridized carbons (Fsp3) is 0.909. The number of allylic oxidation sites excluding steroid dienone is 2. The number of unbranched alkanes of at least 4 members (excludes halogenated alkanes) is 37. The van der Waals surface area contributed by atoms with Crippen molar-refractivity contribution in [2.24, 2.45) is 0 Å². The van der Waals surface area contributed by atoms with Gasteiger partial charge in [0.25, 0.3) is 0 Å². The molecule has 0 radical (unpaired) electrons. The predicted octanol–water partition coefficient (Wildman–Crippen LogP) is 17.8. The van der Waals surface area contributed by atoms with E-state index in [1.165, 1.54) is 205 Å². The van der Waals surface area contributed by atoms with Crippen LogP contribution in [0.1, 0.15) is 303 Å². The fourth-order valence-corrected chi connectivity index (χ4v) is 8.14. The summed E-state index contributed by atoms with van der Waals surface area (Å²) in [5.41, 5.74) is 0. The van der Waals surface area contributed by atoms with E-state index in [9.17, 15) is 14.4 Å². The number of rotatable bonds is 50. The van der Waals surface area contributed by atoms with Gasteiger partial charge in [0, 0.05) is 19.3 Å². The van der Waals surface area contributed by atoms with Crippen LogP contribution < -0.4 is 0 Å². The normalized spacial score (nSPS) is 12.0. The SMILES string of the molecule is CCCCCCCC/C=C\CCCCCCCCCC(=O)OC[C@@H](COC(=O)CCCCCCCCCCCCC)OC(=O)CCCCCCCCCCCCCCCCC. The number of hydrogen-bond acceptors (Lipinski definition) is 6. The van der Waals surface area contributed by atoms with Crippen molar-refractivity contribution in [1.82, 2.24) is 0 Å². The number of hydrogen-bond donors (Lipinski definition) is 0. The molecule has 0 heterocycles. The molecule has 61 heavy (non-hydrogen) atoms. The monoisotopic (exact) mass is 861 g/mol. The molecule has 0 aliphatic heterocycles. The van der Waals surface area contributed by atoms with Crippen molar-refractivity contribution in [1.29, 1.82) is 0 Å². The number of carbonyl (C=O) groups is 3. The second-order valence-electron chi connectivity index (χ2n) is 18.5. The minimum absolute atomic E-state index is 0.0658. The first-order chi connectivity index (χ1) is 30.0. The van der Waals surface area contributed by atoms with E-state index in [0.29, 0.717) is 19.3 Å². The minimum Gasteiger partial charge on any atom is -0.462 e. The first-order valence-corrected chi connectivity index (χ1v) is 27.2. The van der Waals surface area contributed by atoms with E-state index in [1.54, 1.807) is 0 Å². The fourth-order valence-electron chi connectivity index (χ4n) is 8.14. The Bertz CT molecular complexity index is 947. The number of carbonyl (C=O) groups excluding carboxylic acids is 3. The lowest BCUT2D eigenvalue weighted by Crippen LogP contribution is -2.30. The molecule has 0 fully saturated rings. The van der Waals surface area contributed by atoms with Crippen molar-refractivity contribution >= 4 is 17.9 Å². The molecule has 0 aliphatic carbocycles.